The van der Waals surface area contributed by atoms with Crippen molar-refractivity contribution in [1.82, 2.24) is 16.0 Å². The molecular formula is C43H54N4O7S2. The highest BCUT2D eigenvalue weighted by atomic mass is 32.2. The number of carbonyl (C=O) groups excluding carboxylic acids is 5. The van der Waals surface area contributed by atoms with E-state index in [0.29, 0.717) is 71.3 Å². The van der Waals surface area contributed by atoms with Crippen LogP contribution in [0.4, 0.5) is 11.4 Å². The number of piperidine rings is 1. The molecule has 3 aromatic rings. The molecule has 300 valence electrons. The fourth-order valence-electron chi connectivity index (χ4n) is 7.10. The van der Waals surface area contributed by atoms with Gasteiger partial charge in [-0.25, -0.2) is 4.79 Å². The van der Waals surface area contributed by atoms with Crippen LogP contribution in [0.1, 0.15) is 84.7 Å². The summed E-state index contributed by atoms with van der Waals surface area (Å²) >= 11 is 2.42. The van der Waals surface area contributed by atoms with Crippen LogP contribution < -0.4 is 25.6 Å². The average molecular weight is 803 g/mol. The number of fused-ring (bicyclic) bond motifs is 1. The van der Waals surface area contributed by atoms with Gasteiger partial charge in [0.2, 0.25) is 16.9 Å². The number of hydrogen-bond donors (Lipinski definition) is 3. The molecule has 0 bridgehead atoms. The monoisotopic (exact) mass is 802 g/mol. The number of unbranched alkanes of at least 4 members (excludes halogenated alkanes) is 1. The van der Waals surface area contributed by atoms with Crippen LogP contribution in [0.15, 0.2) is 82.6 Å². The molecule has 0 aromatic heterocycles. The van der Waals surface area contributed by atoms with E-state index in [2.05, 4.69) is 16.0 Å². The van der Waals surface area contributed by atoms with Crippen molar-refractivity contribution in [2.75, 3.05) is 30.9 Å². The van der Waals surface area contributed by atoms with Gasteiger partial charge in [0.1, 0.15) is 28.8 Å². The summed E-state index contributed by atoms with van der Waals surface area (Å²) in [5.74, 6) is -1.66. The van der Waals surface area contributed by atoms with Crippen LogP contribution >= 0.6 is 23.5 Å². The largest absolute Gasteiger partial charge is 0.483 e. The summed E-state index contributed by atoms with van der Waals surface area (Å²) in [7, 11) is 0. The lowest BCUT2D eigenvalue weighted by Crippen LogP contribution is -2.53. The summed E-state index contributed by atoms with van der Waals surface area (Å²) in [5, 5.41) is 8.83. The minimum Gasteiger partial charge on any atom is -0.483 e. The smallest absolute Gasteiger partial charge is 0.329 e. The molecule has 1 fully saturated rings. The molecule has 1 saturated heterocycles. The Hall–Kier alpha value is -4.33. The average Bonchev–Trinajstić information content (AvgIpc) is 3.27. The molecule has 0 spiro atoms. The first kappa shape index (κ1) is 42.8. The first-order valence-corrected chi connectivity index (χ1v) is 21.4. The van der Waals surface area contributed by atoms with Gasteiger partial charge in [0.05, 0.1) is 10.6 Å². The lowest BCUT2D eigenvalue weighted by molar-refractivity contribution is -0.160. The molecule has 3 amide bonds. The third-order valence-electron chi connectivity index (χ3n) is 10.1. The second-order valence-electron chi connectivity index (χ2n) is 15.2. The van der Waals surface area contributed by atoms with Crippen molar-refractivity contribution in [2.24, 2.45) is 11.3 Å². The standard InChI is InChI=1S/C43H54N4O7S2/c1-7-9-22-43(8-2)40(51)47(30-18-14-11-15-19-30)31-25-34(55-6)32(26-33(31)56-41(43)52)53-27-35(48)45-36(28-16-12-10-13-17-28)38(49)46-37(29-20-23-44-24-21-29)39(50)54-42(3,4)5/h10-19,25-26,29,36-37,44H,7-9,20-24,27H2,1-6H3,(H,45,48)(H,46,49)/t36?,37-,43?/m1/s1. The molecule has 3 N–H and O–H groups in total. The van der Waals surface area contributed by atoms with E-state index >= 15 is 0 Å². The third kappa shape index (κ3) is 10.1. The number of carbonyl (C=O) groups is 5. The molecule has 3 atom stereocenters. The first-order valence-electron chi connectivity index (χ1n) is 19.4. The van der Waals surface area contributed by atoms with Crippen LogP contribution in [0.5, 0.6) is 5.75 Å². The second-order valence-corrected chi connectivity index (χ2v) is 17.0. The van der Waals surface area contributed by atoms with E-state index < -0.39 is 47.5 Å². The van der Waals surface area contributed by atoms with Crippen LogP contribution in [-0.4, -0.2) is 66.4 Å². The fraction of sp³-hybridized carbons (Fsp3) is 0.465. The zero-order valence-electron chi connectivity index (χ0n) is 33.1. The summed E-state index contributed by atoms with van der Waals surface area (Å²) in [6.07, 6.45) is 5.60. The van der Waals surface area contributed by atoms with Gasteiger partial charge < -0.3 is 25.4 Å². The molecule has 2 aliphatic heterocycles. The van der Waals surface area contributed by atoms with Gasteiger partial charge in [-0.15, -0.1) is 11.8 Å². The number of nitrogens with one attached hydrogen (secondary N) is 3. The normalized spacial score (nSPS) is 18.6. The lowest BCUT2D eigenvalue weighted by Gasteiger charge is -2.33. The van der Waals surface area contributed by atoms with Gasteiger partial charge in [0, 0.05) is 10.6 Å². The van der Waals surface area contributed by atoms with E-state index in [1.165, 1.54) is 11.8 Å². The molecule has 0 aliphatic carbocycles. The number of hydrogen-bond acceptors (Lipinski definition) is 10. The highest BCUT2D eigenvalue weighted by Gasteiger charge is 2.50. The van der Waals surface area contributed by atoms with E-state index in [1.807, 2.05) is 62.6 Å². The third-order valence-corrected chi connectivity index (χ3v) is 12.0. The van der Waals surface area contributed by atoms with Crippen molar-refractivity contribution in [2.45, 2.75) is 101 Å². The summed E-state index contributed by atoms with van der Waals surface area (Å²) in [6, 6.07) is 19.7. The minimum atomic E-state index is -1.21. The summed E-state index contributed by atoms with van der Waals surface area (Å²) in [5.41, 5.74) is -0.203. The predicted octanol–water partition coefficient (Wildman–Crippen LogP) is 7.35. The van der Waals surface area contributed by atoms with E-state index in [0.717, 1.165) is 24.6 Å². The molecule has 0 radical (unpaired) electrons. The van der Waals surface area contributed by atoms with Crippen molar-refractivity contribution in [3.8, 4) is 5.75 Å². The van der Waals surface area contributed by atoms with Crippen LogP contribution in [0.25, 0.3) is 0 Å². The van der Waals surface area contributed by atoms with Crippen molar-refractivity contribution in [3.63, 3.8) is 0 Å². The van der Waals surface area contributed by atoms with Gasteiger partial charge in [-0.3, -0.25) is 24.1 Å². The van der Waals surface area contributed by atoms with Gasteiger partial charge in [-0.05, 0) is 113 Å². The highest BCUT2D eigenvalue weighted by Crippen LogP contribution is 2.51. The Bertz CT molecular complexity index is 1860. The van der Waals surface area contributed by atoms with Crippen molar-refractivity contribution < 1.29 is 33.4 Å². The Morgan fingerprint density at radius 1 is 0.982 bits per heavy atom. The quantitative estimate of drug-likeness (QED) is 0.0811. The maximum Gasteiger partial charge on any atom is 0.329 e. The molecule has 13 heteroatoms. The number of anilines is 2. The van der Waals surface area contributed by atoms with Gasteiger partial charge >= 0.3 is 5.97 Å². The molecule has 0 saturated carbocycles. The predicted molar refractivity (Wildman–Crippen MR) is 221 cm³/mol. The topological polar surface area (TPSA) is 143 Å². The van der Waals surface area contributed by atoms with E-state index in [9.17, 15) is 24.0 Å². The Morgan fingerprint density at radius 2 is 1.64 bits per heavy atom. The number of nitrogens with zero attached hydrogens (tertiary/aromatic N) is 1. The van der Waals surface area contributed by atoms with Crippen LogP contribution in [0, 0.1) is 11.3 Å². The van der Waals surface area contributed by atoms with Crippen LogP contribution in [0.2, 0.25) is 0 Å². The van der Waals surface area contributed by atoms with Crippen LogP contribution in [-0.2, 0) is 28.7 Å². The number of thioether (sulfide) groups is 2. The Kier molecular flexibility index (Phi) is 14.7. The Balaban J connectivity index is 1.41. The SMILES string of the molecule is CCCCC1(CC)C(=O)Sc2cc(OCC(=O)NC(C(=O)N[C@@H](C(=O)OC(C)(C)C)C3CCNCC3)c3ccccc3)c(SC)cc2N(c2ccccc2)C1=O. The molecular weight excluding hydrogens is 749 g/mol. The maximum atomic E-state index is 14.5. The minimum absolute atomic E-state index is 0.143. The molecule has 2 aliphatic rings. The van der Waals surface area contributed by atoms with Crippen LogP contribution in [0.3, 0.4) is 0 Å². The molecule has 56 heavy (non-hydrogen) atoms. The molecule has 11 nitrogen and oxygen atoms in total. The molecule has 3 aromatic carbocycles. The fourth-order valence-corrected chi connectivity index (χ4v) is 8.80. The number of rotatable bonds is 15. The summed E-state index contributed by atoms with van der Waals surface area (Å²) in [4.78, 5) is 72.7. The first-order chi connectivity index (χ1) is 26.8. The van der Waals surface area contributed by atoms with Gasteiger partial charge in [0.15, 0.2) is 6.61 Å². The van der Waals surface area contributed by atoms with E-state index in [4.69, 9.17) is 9.47 Å². The van der Waals surface area contributed by atoms with E-state index in [1.54, 1.807) is 56.0 Å². The number of para-hydroxylation sites is 1. The van der Waals surface area contributed by atoms with E-state index in [-0.39, 0.29) is 16.9 Å². The number of amides is 3. The number of ether oxygens (including phenoxy) is 2. The zero-order valence-corrected chi connectivity index (χ0v) is 34.8. The Labute approximate surface area is 338 Å². The maximum absolute atomic E-state index is 14.5. The van der Waals surface area contributed by atoms with Gasteiger partial charge in [-0.1, -0.05) is 75.2 Å². The number of benzene rings is 3. The molecule has 5 rings (SSSR count). The molecule has 2 heterocycles. The lowest BCUT2D eigenvalue weighted by atomic mass is 9.79. The van der Waals surface area contributed by atoms with Gasteiger partial charge in [-0.2, -0.15) is 0 Å². The number of esters is 1. The van der Waals surface area contributed by atoms with Crippen molar-refractivity contribution in [3.05, 3.63) is 78.4 Å². The van der Waals surface area contributed by atoms with Gasteiger partial charge in [0.25, 0.3) is 5.91 Å². The van der Waals surface area contributed by atoms with Crippen molar-refractivity contribution >= 4 is 63.7 Å². The zero-order chi connectivity index (χ0) is 40.5. The molecule has 2 unspecified atom stereocenters. The summed E-state index contributed by atoms with van der Waals surface area (Å²) in [6.45, 7) is 10.3. The summed E-state index contributed by atoms with van der Waals surface area (Å²) < 4.78 is 11.9. The Morgan fingerprint density at radius 3 is 2.25 bits per heavy atom. The van der Waals surface area contributed by atoms with Crippen molar-refractivity contribution in [1.29, 1.82) is 0 Å². The highest BCUT2D eigenvalue weighted by molar-refractivity contribution is 8.14. The second kappa shape index (κ2) is 19.2.